The van der Waals surface area contributed by atoms with Crippen molar-refractivity contribution >= 4 is 5.71 Å². The molecule has 0 unspecified atom stereocenters. The first kappa shape index (κ1) is 14.4. The summed E-state index contributed by atoms with van der Waals surface area (Å²) in [6, 6.07) is 5.84. The molecule has 4 heteroatoms. The van der Waals surface area contributed by atoms with Gasteiger partial charge in [-0.25, -0.2) is 0 Å². The lowest BCUT2D eigenvalue weighted by Crippen LogP contribution is -2.12. The van der Waals surface area contributed by atoms with Crippen LogP contribution in [-0.4, -0.2) is 25.0 Å². The molecule has 2 rings (SSSR count). The number of hydrogen-bond donors (Lipinski definition) is 2. The van der Waals surface area contributed by atoms with Crippen LogP contribution >= 0.6 is 0 Å². The van der Waals surface area contributed by atoms with Gasteiger partial charge in [-0.3, -0.25) is 5.41 Å². The Morgan fingerprint density at radius 2 is 2.15 bits per heavy atom. The van der Waals surface area contributed by atoms with Crippen molar-refractivity contribution in [2.75, 3.05) is 13.2 Å². The summed E-state index contributed by atoms with van der Waals surface area (Å²) in [7, 11) is 0. The normalized spacial score (nSPS) is 16.6. The number of aryl methyl sites for hydroxylation is 1. The van der Waals surface area contributed by atoms with Crippen molar-refractivity contribution in [3.05, 3.63) is 40.8 Å². The van der Waals surface area contributed by atoms with E-state index in [1.54, 1.807) is 0 Å². The van der Waals surface area contributed by atoms with Crippen LogP contribution in [0.2, 0.25) is 0 Å². The van der Waals surface area contributed by atoms with Crippen molar-refractivity contribution < 1.29 is 9.47 Å². The van der Waals surface area contributed by atoms with E-state index in [4.69, 9.17) is 14.9 Å². The average Bonchev–Trinajstić information content (AvgIpc) is 2.93. The molecule has 1 aliphatic rings. The lowest BCUT2D eigenvalue weighted by Gasteiger charge is -2.14. The van der Waals surface area contributed by atoms with Crippen molar-refractivity contribution in [1.29, 1.82) is 5.41 Å². The molecule has 0 aliphatic carbocycles. The van der Waals surface area contributed by atoms with E-state index in [9.17, 15) is 0 Å². The molecule has 1 heterocycles. The zero-order valence-electron chi connectivity index (χ0n) is 12.5. The lowest BCUT2D eigenvalue weighted by molar-refractivity contribution is 0.241. The summed E-state index contributed by atoms with van der Waals surface area (Å²) < 4.78 is 11.2. The standard InChI is InChI=1S/C16H22N2O2/c1-10(2)20-14-6-5-13(9-11(14)3)15(17)12(4)16-18-7-8-19-16/h5-6,9-10,17-18H,7-8H2,1-4H3/b16-12+,17-15?. The van der Waals surface area contributed by atoms with Crippen LogP contribution in [0.1, 0.15) is 31.9 Å². The Bertz CT molecular complexity index is 539. The summed E-state index contributed by atoms with van der Waals surface area (Å²) in [5.41, 5.74) is 3.23. The Labute approximate surface area is 120 Å². The van der Waals surface area contributed by atoms with Gasteiger partial charge in [0.2, 0.25) is 0 Å². The van der Waals surface area contributed by atoms with Gasteiger partial charge >= 0.3 is 0 Å². The summed E-state index contributed by atoms with van der Waals surface area (Å²) in [4.78, 5) is 0. The molecule has 4 nitrogen and oxygen atoms in total. The molecule has 20 heavy (non-hydrogen) atoms. The zero-order chi connectivity index (χ0) is 14.7. The molecule has 0 aromatic heterocycles. The van der Waals surface area contributed by atoms with E-state index in [2.05, 4.69) is 5.32 Å². The van der Waals surface area contributed by atoms with E-state index in [1.165, 1.54) is 0 Å². The summed E-state index contributed by atoms with van der Waals surface area (Å²) in [6.07, 6.45) is 0.152. The van der Waals surface area contributed by atoms with Gasteiger partial charge in [0.15, 0.2) is 5.88 Å². The van der Waals surface area contributed by atoms with Gasteiger partial charge in [0.1, 0.15) is 12.4 Å². The van der Waals surface area contributed by atoms with E-state index in [-0.39, 0.29) is 6.10 Å². The smallest absolute Gasteiger partial charge is 0.192 e. The third-order valence-electron chi connectivity index (χ3n) is 3.18. The minimum absolute atomic E-state index is 0.152. The van der Waals surface area contributed by atoms with Crippen molar-refractivity contribution in [1.82, 2.24) is 5.32 Å². The molecule has 0 radical (unpaired) electrons. The number of nitrogens with one attached hydrogen (secondary N) is 2. The second-order valence-electron chi connectivity index (χ2n) is 5.25. The van der Waals surface area contributed by atoms with Gasteiger partial charge < -0.3 is 14.8 Å². The fourth-order valence-corrected chi connectivity index (χ4v) is 2.13. The third kappa shape index (κ3) is 3.13. The predicted molar refractivity (Wildman–Crippen MR) is 80.4 cm³/mol. The molecule has 1 aromatic carbocycles. The highest BCUT2D eigenvalue weighted by Gasteiger charge is 2.15. The molecule has 0 bridgehead atoms. The molecule has 0 amide bonds. The predicted octanol–water partition coefficient (Wildman–Crippen LogP) is 3.00. The van der Waals surface area contributed by atoms with E-state index < -0.39 is 0 Å². The number of allylic oxidation sites excluding steroid dienone is 1. The molecular weight excluding hydrogens is 252 g/mol. The summed E-state index contributed by atoms with van der Waals surface area (Å²) in [5, 5.41) is 11.4. The second kappa shape index (κ2) is 5.99. The molecule has 1 fully saturated rings. The maximum absolute atomic E-state index is 8.29. The van der Waals surface area contributed by atoms with Crippen LogP contribution in [0, 0.1) is 12.3 Å². The van der Waals surface area contributed by atoms with Gasteiger partial charge in [-0.05, 0) is 51.5 Å². The van der Waals surface area contributed by atoms with Crippen LogP contribution in [0.15, 0.2) is 29.7 Å². The molecule has 1 aromatic rings. The van der Waals surface area contributed by atoms with Gasteiger partial charge in [-0.15, -0.1) is 0 Å². The largest absolute Gasteiger partial charge is 0.491 e. The number of hydrogen-bond acceptors (Lipinski definition) is 4. The Morgan fingerprint density at radius 3 is 2.70 bits per heavy atom. The highest BCUT2D eigenvalue weighted by molar-refractivity contribution is 6.10. The lowest BCUT2D eigenvalue weighted by atomic mass is 10.0. The average molecular weight is 274 g/mol. The highest BCUT2D eigenvalue weighted by Crippen LogP contribution is 2.22. The maximum atomic E-state index is 8.29. The first-order valence-electron chi connectivity index (χ1n) is 6.93. The topological polar surface area (TPSA) is 54.3 Å². The number of rotatable bonds is 4. The zero-order valence-corrected chi connectivity index (χ0v) is 12.5. The summed E-state index contributed by atoms with van der Waals surface area (Å²) >= 11 is 0. The van der Waals surface area contributed by atoms with E-state index in [0.29, 0.717) is 12.3 Å². The van der Waals surface area contributed by atoms with Crippen molar-refractivity contribution in [3.63, 3.8) is 0 Å². The maximum Gasteiger partial charge on any atom is 0.192 e. The van der Waals surface area contributed by atoms with Gasteiger partial charge in [-0.2, -0.15) is 0 Å². The molecule has 0 spiro atoms. The van der Waals surface area contributed by atoms with Gasteiger partial charge in [0, 0.05) is 11.1 Å². The molecule has 0 atom stereocenters. The first-order valence-corrected chi connectivity index (χ1v) is 6.93. The van der Waals surface area contributed by atoms with E-state index >= 15 is 0 Å². The molecule has 0 saturated carbocycles. The quantitative estimate of drug-likeness (QED) is 0.830. The molecule has 2 N–H and O–H groups in total. The van der Waals surface area contributed by atoms with E-state index in [0.717, 1.165) is 34.9 Å². The monoisotopic (exact) mass is 274 g/mol. The van der Waals surface area contributed by atoms with Gasteiger partial charge in [0.05, 0.1) is 18.4 Å². The van der Waals surface area contributed by atoms with Crippen LogP contribution in [0.5, 0.6) is 5.75 Å². The summed E-state index contributed by atoms with van der Waals surface area (Å²) in [5.74, 6) is 1.59. The van der Waals surface area contributed by atoms with Crippen molar-refractivity contribution in [2.45, 2.75) is 33.8 Å². The second-order valence-corrected chi connectivity index (χ2v) is 5.25. The van der Waals surface area contributed by atoms with E-state index in [1.807, 2.05) is 45.9 Å². The Balaban J connectivity index is 2.23. The fraction of sp³-hybridized carbons (Fsp3) is 0.438. The van der Waals surface area contributed by atoms with Crippen molar-refractivity contribution in [3.8, 4) is 5.75 Å². The minimum Gasteiger partial charge on any atom is -0.491 e. The SMILES string of the molecule is C/C(C(=N)c1ccc(OC(C)C)c(C)c1)=C1/NCCO1. The molecular formula is C16H22N2O2. The third-order valence-corrected chi connectivity index (χ3v) is 3.18. The molecule has 108 valence electrons. The molecule has 1 aliphatic heterocycles. The van der Waals surface area contributed by atoms with Crippen LogP contribution < -0.4 is 10.1 Å². The Hall–Kier alpha value is -1.97. The summed E-state index contributed by atoms with van der Waals surface area (Å²) in [6.45, 7) is 9.39. The van der Waals surface area contributed by atoms with Gasteiger partial charge in [-0.1, -0.05) is 0 Å². The van der Waals surface area contributed by atoms with Crippen LogP contribution in [0.3, 0.4) is 0 Å². The number of ether oxygens (including phenoxy) is 2. The Morgan fingerprint density at radius 1 is 1.40 bits per heavy atom. The minimum atomic E-state index is 0.152. The van der Waals surface area contributed by atoms with Crippen LogP contribution in [-0.2, 0) is 4.74 Å². The van der Waals surface area contributed by atoms with Gasteiger partial charge in [0.25, 0.3) is 0 Å². The Kier molecular flexibility index (Phi) is 4.32. The molecule has 1 saturated heterocycles. The highest BCUT2D eigenvalue weighted by atomic mass is 16.5. The van der Waals surface area contributed by atoms with Crippen molar-refractivity contribution in [2.24, 2.45) is 0 Å². The van der Waals surface area contributed by atoms with Crippen LogP contribution in [0.25, 0.3) is 0 Å². The fourth-order valence-electron chi connectivity index (χ4n) is 2.13. The van der Waals surface area contributed by atoms with Crippen LogP contribution in [0.4, 0.5) is 0 Å². The number of benzene rings is 1. The first-order chi connectivity index (χ1) is 9.49.